The van der Waals surface area contributed by atoms with Crippen LogP contribution >= 0.6 is 0 Å². The molecule has 1 N–H and O–H groups in total. The number of rotatable bonds is 2. The molecule has 2 aromatic rings. The van der Waals surface area contributed by atoms with Gasteiger partial charge >= 0.3 is 7.12 Å². The van der Waals surface area contributed by atoms with Gasteiger partial charge in [-0.1, -0.05) is 23.8 Å². The van der Waals surface area contributed by atoms with Crippen LogP contribution in [-0.2, 0) is 11.3 Å². The Morgan fingerprint density at radius 3 is 2.61 bits per heavy atom. The van der Waals surface area contributed by atoms with Gasteiger partial charge in [0.05, 0.1) is 6.61 Å². The number of ether oxygens (including phenoxy) is 1. The minimum absolute atomic E-state index is 0.460. The van der Waals surface area contributed by atoms with Crippen LogP contribution < -0.4 is 10.2 Å². The van der Waals surface area contributed by atoms with E-state index in [1.54, 1.807) is 0 Å². The van der Waals surface area contributed by atoms with Crippen molar-refractivity contribution in [3.05, 3.63) is 53.6 Å². The molecule has 0 aromatic heterocycles. The van der Waals surface area contributed by atoms with E-state index in [-0.39, 0.29) is 0 Å². The Morgan fingerprint density at radius 1 is 1.11 bits per heavy atom. The highest BCUT2D eigenvalue weighted by Crippen LogP contribution is 2.23. The van der Waals surface area contributed by atoms with Crippen LogP contribution in [-0.4, -0.2) is 12.1 Å². The summed E-state index contributed by atoms with van der Waals surface area (Å²) in [6.45, 7) is 2.49. The predicted octanol–water partition coefficient (Wildman–Crippen LogP) is 2.01. The number of benzene rings is 2. The van der Waals surface area contributed by atoms with Gasteiger partial charge in [0.15, 0.2) is 0 Å². The van der Waals surface area contributed by atoms with Crippen LogP contribution in [0.5, 0.6) is 11.5 Å². The molecular formula is C14H13BO3. The van der Waals surface area contributed by atoms with Crippen LogP contribution in [0.3, 0.4) is 0 Å². The van der Waals surface area contributed by atoms with Crippen molar-refractivity contribution in [2.24, 2.45) is 0 Å². The molecule has 2 aromatic carbocycles. The maximum absolute atomic E-state index is 9.63. The monoisotopic (exact) mass is 240 g/mol. The maximum atomic E-state index is 9.63. The first-order valence-electron chi connectivity index (χ1n) is 5.89. The number of hydrogen-bond acceptors (Lipinski definition) is 3. The van der Waals surface area contributed by atoms with E-state index < -0.39 is 7.12 Å². The standard InChI is InChI=1S/C14H13BO3/c1-10-2-5-12(6-3-10)18-13-7-4-11-9-17-15(16)14(11)8-13/h2-8,16H,9H2,1H3. The summed E-state index contributed by atoms with van der Waals surface area (Å²) in [4.78, 5) is 0. The van der Waals surface area contributed by atoms with Gasteiger partial charge in [-0.15, -0.1) is 0 Å². The molecule has 0 saturated heterocycles. The Morgan fingerprint density at radius 2 is 1.83 bits per heavy atom. The summed E-state index contributed by atoms with van der Waals surface area (Å²) in [5.41, 5.74) is 3.00. The first-order valence-corrected chi connectivity index (χ1v) is 5.89. The van der Waals surface area contributed by atoms with Crippen molar-refractivity contribution in [3.63, 3.8) is 0 Å². The molecule has 4 heteroatoms. The molecule has 0 fully saturated rings. The fourth-order valence-corrected chi connectivity index (χ4v) is 2.00. The first kappa shape index (κ1) is 11.3. The normalized spacial score (nSPS) is 13.6. The zero-order valence-corrected chi connectivity index (χ0v) is 10.1. The molecule has 1 heterocycles. The van der Waals surface area contributed by atoms with Crippen molar-refractivity contribution in [1.29, 1.82) is 0 Å². The third-order valence-corrected chi connectivity index (χ3v) is 3.04. The van der Waals surface area contributed by atoms with Crippen LogP contribution in [0.4, 0.5) is 0 Å². The second kappa shape index (κ2) is 4.48. The minimum Gasteiger partial charge on any atom is -0.457 e. The molecule has 3 rings (SSSR count). The lowest BCUT2D eigenvalue weighted by molar-refractivity contribution is 0.275. The maximum Gasteiger partial charge on any atom is 0.491 e. The lowest BCUT2D eigenvalue weighted by atomic mass is 9.79. The van der Waals surface area contributed by atoms with Gasteiger partial charge in [0.1, 0.15) is 11.5 Å². The van der Waals surface area contributed by atoms with Crippen molar-refractivity contribution in [3.8, 4) is 11.5 Å². The van der Waals surface area contributed by atoms with Crippen LogP contribution in [0, 0.1) is 6.92 Å². The molecule has 0 atom stereocenters. The third-order valence-electron chi connectivity index (χ3n) is 3.04. The van der Waals surface area contributed by atoms with Crippen LogP contribution in [0.15, 0.2) is 42.5 Å². The number of aryl methyl sites for hydroxylation is 1. The van der Waals surface area contributed by atoms with Crippen molar-refractivity contribution in [2.45, 2.75) is 13.5 Å². The molecule has 18 heavy (non-hydrogen) atoms. The summed E-state index contributed by atoms with van der Waals surface area (Å²) in [7, 11) is -0.832. The van der Waals surface area contributed by atoms with Gasteiger partial charge in [0, 0.05) is 0 Å². The second-order valence-electron chi connectivity index (χ2n) is 4.44. The van der Waals surface area contributed by atoms with E-state index >= 15 is 0 Å². The highest BCUT2D eigenvalue weighted by atomic mass is 16.5. The molecule has 90 valence electrons. The SMILES string of the molecule is Cc1ccc(Oc2ccc3c(c2)B(O)OC3)cc1. The van der Waals surface area contributed by atoms with E-state index in [0.717, 1.165) is 16.8 Å². The number of hydrogen-bond donors (Lipinski definition) is 1. The smallest absolute Gasteiger partial charge is 0.457 e. The van der Waals surface area contributed by atoms with E-state index in [4.69, 9.17) is 9.39 Å². The Kier molecular flexibility index (Phi) is 2.82. The van der Waals surface area contributed by atoms with Crippen LogP contribution in [0.2, 0.25) is 0 Å². The molecule has 0 radical (unpaired) electrons. The van der Waals surface area contributed by atoms with Gasteiger partial charge in [-0.25, -0.2) is 0 Å². The Bertz CT molecular complexity index is 566. The van der Waals surface area contributed by atoms with Crippen molar-refractivity contribution in [1.82, 2.24) is 0 Å². The summed E-state index contributed by atoms with van der Waals surface area (Å²) >= 11 is 0. The Balaban J connectivity index is 1.85. The van der Waals surface area contributed by atoms with Gasteiger partial charge < -0.3 is 14.4 Å². The molecule has 0 aliphatic carbocycles. The highest BCUT2D eigenvalue weighted by molar-refractivity contribution is 6.61. The van der Waals surface area contributed by atoms with Gasteiger partial charge in [-0.05, 0) is 42.2 Å². The molecule has 1 aliphatic rings. The lowest BCUT2D eigenvalue weighted by Crippen LogP contribution is -2.27. The molecular weight excluding hydrogens is 227 g/mol. The van der Waals surface area contributed by atoms with Crippen LogP contribution in [0.1, 0.15) is 11.1 Å². The molecule has 0 saturated carbocycles. The largest absolute Gasteiger partial charge is 0.491 e. The summed E-state index contributed by atoms with van der Waals surface area (Å²) in [5.74, 6) is 1.50. The van der Waals surface area contributed by atoms with Gasteiger partial charge in [0.2, 0.25) is 0 Å². The average molecular weight is 240 g/mol. The van der Waals surface area contributed by atoms with Crippen LogP contribution in [0.25, 0.3) is 0 Å². The van der Waals surface area contributed by atoms with Gasteiger partial charge in [-0.2, -0.15) is 0 Å². The van der Waals surface area contributed by atoms with E-state index in [1.807, 2.05) is 49.4 Å². The Hall–Kier alpha value is -1.78. The molecule has 1 aliphatic heterocycles. The quantitative estimate of drug-likeness (QED) is 0.816. The van der Waals surface area contributed by atoms with Crippen molar-refractivity contribution in [2.75, 3.05) is 0 Å². The topological polar surface area (TPSA) is 38.7 Å². The highest BCUT2D eigenvalue weighted by Gasteiger charge is 2.27. The summed E-state index contributed by atoms with van der Waals surface area (Å²) in [6.07, 6.45) is 0. The molecule has 0 unspecified atom stereocenters. The first-order chi connectivity index (χ1) is 8.72. The Labute approximate surface area is 106 Å². The second-order valence-corrected chi connectivity index (χ2v) is 4.44. The molecule has 3 nitrogen and oxygen atoms in total. The molecule has 0 spiro atoms. The van der Waals surface area contributed by atoms with Crippen molar-refractivity contribution < 1.29 is 14.4 Å². The predicted molar refractivity (Wildman–Crippen MR) is 70.1 cm³/mol. The van der Waals surface area contributed by atoms with Gasteiger partial charge in [0.25, 0.3) is 0 Å². The zero-order valence-electron chi connectivity index (χ0n) is 10.1. The number of fused-ring (bicyclic) bond motifs is 1. The van der Waals surface area contributed by atoms with E-state index in [2.05, 4.69) is 0 Å². The third kappa shape index (κ3) is 2.12. The fourth-order valence-electron chi connectivity index (χ4n) is 2.00. The summed E-state index contributed by atoms with van der Waals surface area (Å²) < 4.78 is 10.9. The van der Waals surface area contributed by atoms with Gasteiger partial charge in [-0.3, -0.25) is 0 Å². The van der Waals surface area contributed by atoms with E-state index in [0.29, 0.717) is 12.4 Å². The molecule has 0 bridgehead atoms. The van der Waals surface area contributed by atoms with E-state index in [9.17, 15) is 5.02 Å². The minimum atomic E-state index is -0.832. The lowest BCUT2D eigenvalue weighted by Gasteiger charge is -2.07. The average Bonchev–Trinajstić information content (AvgIpc) is 2.74. The summed E-state index contributed by atoms with van der Waals surface area (Å²) in [6, 6.07) is 13.5. The molecule has 0 amide bonds. The summed E-state index contributed by atoms with van der Waals surface area (Å²) in [5, 5.41) is 9.63. The van der Waals surface area contributed by atoms with Crippen molar-refractivity contribution >= 4 is 12.6 Å². The van der Waals surface area contributed by atoms with E-state index in [1.165, 1.54) is 5.56 Å². The fraction of sp³-hybridized carbons (Fsp3) is 0.143. The zero-order chi connectivity index (χ0) is 12.5.